The van der Waals surface area contributed by atoms with Crippen LogP contribution in [0.15, 0.2) is 54.6 Å². The predicted molar refractivity (Wildman–Crippen MR) is 105 cm³/mol. The van der Waals surface area contributed by atoms with Crippen molar-refractivity contribution in [2.45, 2.75) is 31.7 Å². The Morgan fingerprint density at radius 3 is 2.62 bits per heavy atom. The van der Waals surface area contributed by atoms with Gasteiger partial charge in [-0.15, -0.1) is 0 Å². The summed E-state index contributed by atoms with van der Waals surface area (Å²) in [5.41, 5.74) is 2.58. The fraction of sp³-hybridized carbons (Fsp3) is 0.409. The van der Waals surface area contributed by atoms with E-state index in [9.17, 15) is 4.79 Å². The molecule has 3 rings (SSSR count). The number of nitrogens with zero attached hydrogens (tertiary/aromatic N) is 1. The van der Waals surface area contributed by atoms with Crippen molar-refractivity contribution in [3.8, 4) is 5.75 Å². The standard InChI is InChI=1S/C22H28N2O2/c1-17(24-15-13-20(16-24)19-6-4-3-5-7-19)22(25)23-14-12-18-8-10-21(26-2)11-9-18/h3-11,17,20H,12-16H2,1-2H3,(H,23,25)/t17-,20-/m1/s1. The largest absolute Gasteiger partial charge is 0.497 e. The molecule has 2 aromatic rings. The van der Waals surface area contributed by atoms with Crippen molar-refractivity contribution in [3.63, 3.8) is 0 Å². The van der Waals surface area contributed by atoms with Crippen molar-refractivity contribution in [2.24, 2.45) is 0 Å². The second kappa shape index (κ2) is 8.86. The Hall–Kier alpha value is -2.33. The first kappa shape index (κ1) is 18.5. The minimum atomic E-state index is -0.0837. The summed E-state index contributed by atoms with van der Waals surface area (Å²) >= 11 is 0. The van der Waals surface area contributed by atoms with E-state index in [1.165, 1.54) is 11.1 Å². The van der Waals surface area contributed by atoms with E-state index in [4.69, 9.17) is 4.74 Å². The molecular formula is C22H28N2O2. The first-order chi connectivity index (χ1) is 12.7. The maximum Gasteiger partial charge on any atom is 0.237 e. The molecule has 26 heavy (non-hydrogen) atoms. The molecule has 4 heteroatoms. The third kappa shape index (κ3) is 4.64. The molecule has 0 bridgehead atoms. The van der Waals surface area contributed by atoms with Gasteiger partial charge in [-0.1, -0.05) is 42.5 Å². The van der Waals surface area contributed by atoms with E-state index in [0.29, 0.717) is 12.5 Å². The monoisotopic (exact) mass is 352 g/mol. The molecule has 0 unspecified atom stereocenters. The molecule has 138 valence electrons. The number of amides is 1. The Balaban J connectivity index is 1.44. The highest BCUT2D eigenvalue weighted by Gasteiger charge is 2.30. The van der Waals surface area contributed by atoms with Gasteiger partial charge in [0.05, 0.1) is 13.2 Å². The summed E-state index contributed by atoms with van der Waals surface area (Å²) in [6.45, 7) is 4.60. The van der Waals surface area contributed by atoms with Crippen molar-refractivity contribution in [2.75, 3.05) is 26.7 Å². The summed E-state index contributed by atoms with van der Waals surface area (Å²) in [6, 6.07) is 18.5. The fourth-order valence-electron chi connectivity index (χ4n) is 3.57. The van der Waals surface area contributed by atoms with Crippen LogP contribution in [0, 0.1) is 0 Å². The molecule has 0 radical (unpaired) electrons. The van der Waals surface area contributed by atoms with Gasteiger partial charge >= 0.3 is 0 Å². The SMILES string of the molecule is COc1ccc(CCNC(=O)[C@@H](C)N2CC[C@@H](c3ccccc3)C2)cc1. The zero-order valence-corrected chi connectivity index (χ0v) is 15.7. The van der Waals surface area contributed by atoms with Gasteiger partial charge in [0, 0.05) is 13.1 Å². The molecule has 1 saturated heterocycles. The van der Waals surface area contributed by atoms with Gasteiger partial charge < -0.3 is 10.1 Å². The lowest BCUT2D eigenvalue weighted by molar-refractivity contribution is -0.125. The third-order valence-electron chi connectivity index (χ3n) is 5.29. The molecule has 1 fully saturated rings. The van der Waals surface area contributed by atoms with Crippen LogP contribution >= 0.6 is 0 Å². The van der Waals surface area contributed by atoms with Crippen LogP contribution in [0.2, 0.25) is 0 Å². The molecule has 0 aliphatic carbocycles. The van der Waals surface area contributed by atoms with Crippen LogP contribution in [0.1, 0.15) is 30.4 Å². The van der Waals surface area contributed by atoms with Gasteiger partial charge in [-0.2, -0.15) is 0 Å². The average Bonchev–Trinajstić information content (AvgIpc) is 3.18. The molecule has 1 N–H and O–H groups in total. The number of ether oxygens (including phenoxy) is 1. The Morgan fingerprint density at radius 2 is 1.92 bits per heavy atom. The van der Waals surface area contributed by atoms with Crippen LogP contribution in [0.5, 0.6) is 5.75 Å². The number of nitrogens with one attached hydrogen (secondary N) is 1. The van der Waals surface area contributed by atoms with E-state index >= 15 is 0 Å². The smallest absolute Gasteiger partial charge is 0.237 e. The molecule has 1 aliphatic heterocycles. The molecule has 0 saturated carbocycles. The van der Waals surface area contributed by atoms with Gasteiger partial charge in [0.2, 0.25) is 5.91 Å². The fourth-order valence-corrected chi connectivity index (χ4v) is 3.57. The number of benzene rings is 2. The second-order valence-corrected chi connectivity index (χ2v) is 6.96. The Bertz CT molecular complexity index is 700. The quantitative estimate of drug-likeness (QED) is 0.832. The van der Waals surface area contributed by atoms with Gasteiger partial charge in [0.25, 0.3) is 0 Å². The molecule has 1 heterocycles. The highest BCUT2D eigenvalue weighted by atomic mass is 16.5. The molecule has 1 aliphatic rings. The normalized spacial score (nSPS) is 18.5. The predicted octanol–water partition coefficient (Wildman–Crippen LogP) is 3.23. The van der Waals surface area contributed by atoms with E-state index in [0.717, 1.165) is 31.7 Å². The summed E-state index contributed by atoms with van der Waals surface area (Å²) in [4.78, 5) is 14.8. The lowest BCUT2D eigenvalue weighted by Gasteiger charge is -2.23. The van der Waals surface area contributed by atoms with Crippen LogP contribution in [-0.2, 0) is 11.2 Å². The summed E-state index contributed by atoms with van der Waals surface area (Å²) < 4.78 is 5.17. The van der Waals surface area contributed by atoms with E-state index < -0.39 is 0 Å². The van der Waals surface area contributed by atoms with Gasteiger partial charge in [-0.05, 0) is 55.5 Å². The molecule has 1 amide bonds. The number of rotatable bonds is 7. The maximum absolute atomic E-state index is 12.5. The molecule has 0 aromatic heterocycles. The zero-order chi connectivity index (χ0) is 18.4. The molecule has 2 aromatic carbocycles. The van der Waals surface area contributed by atoms with Gasteiger partial charge in [0.15, 0.2) is 0 Å². The first-order valence-corrected chi connectivity index (χ1v) is 9.37. The first-order valence-electron chi connectivity index (χ1n) is 9.37. The lowest BCUT2D eigenvalue weighted by atomic mass is 9.99. The Labute approximate surface area is 156 Å². The van der Waals surface area contributed by atoms with E-state index in [1.54, 1.807) is 7.11 Å². The van der Waals surface area contributed by atoms with Crippen LogP contribution in [0.3, 0.4) is 0 Å². The van der Waals surface area contributed by atoms with Crippen molar-refractivity contribution in [3.05, 3.63) is 65.7 Å². The maximum atomic E-state index is 12.5. The molecule has 4 nitrogen and oxygen atoms in total. The van der Waals surface area contributed by atoms with Crippen LogP contribution in [0.4, 0.5) is 0 Å². The van der Waals surface area contributed by atoms with E-state index in [2.05, 4.69) is 40.5 Å². The average molecular weight is 352 g/mol. The van der Waals surface area contributed by atoms with Crippen molar-refractivity contribution < 1.29 is 9.53 Å². The number of hydrogen-bond acceptors (Lipinski definition) is 3. The van der Waals surface area contributed by atoms with Crippen molar-refractivity contribution in [1.82, 2.24) is 10.2 Å². The zero-order valence-electron chi connectivity index (χ0n) is 15.7. The number of hydrogen-bond donors (Lipinski definition) is 1. The van der Waals surface area contributed by atoms with Crippen molar-refractivity contribution >= 4 is 5.91 Å². The lowest BCUT2D eigenvalue weighted by Crippen LogP contribution is -2.44. The topological polar surface area (TPSA) is 41.6 Å². The summed E-state index contributed by atoms with van der Waals surface area (Å²) in [7, 11) is 1.66. The minimum absolute atomic E-state index is 0.0837. The molecular weight excluding hydrogens is 324 g/mol. The van der Waals surface area contributed by atoms with Crippen LogP contribution in [0.25, 0.3) is 0 Å². The van der Waals surface area contributed by atoms with Gasteiger partial charge in [-0.3, -0.25) is 9.69 Å². The number of methoxy groups -OCH3 is 1. The Morgan fingerprint density at radius 1 is 1.19 bits per heavy atom. The van der Waals surface area contributed by atoms with E-state index in [-0.39, 0.29) is 11.9 Å². The summed E-state index contributed by atoms with van der Waals surface area (Å²) in [6.07, 6.45) is 1.95. The highest BCUT2D eigenvalue weighted by molar-refractivity contribution is 5.81. The highest BCUT2D eigenvalue weighted by Crippen LogP contribution is 2.28. The van der Waals surface area contributed by atoms with Crippen LogP contribution in [-0.4, -0.2) is 43.6 Å². The number of likely N-dealkylation sites (tertiary alicyclic amines) is 1. The van der Waals surface area contributed by atoms with Crippen LogP contribution < -0.4 is 10.1 Å². The van der Waals surface area contributed by atoms with Gasteiger partial charge in [-0.25, -0.2) is 0 Å². The minimum Gasteiger partial charge on any atom is -0.497 e. The summed E-state index contributed by atoms with van der Waals surface area (Å²) in [5.74, 6) is 1.51. The molecule has 2 atom stereocenters. The molecule has 0 spiro atoms. The number of carbonyl (C=O) groups is 1. The van der Waals surface area contributed by atoms with Crippen molar-refractivity contribution in [1.29, 1.82) is 0 Å². The summed E-state index contributed by atoms with van der Waals surface area (Å²) in [5, 5.41) is 3.08. The second-order valence-electron chi connectivity index (χ2n) is 6.96. The van der Waals surface area contributed by atoms with Gasteiger partial charge in [0.1, 0.15) is 5.75 Å². The Kier molecular flexibility index (Phi) is 6.29. The van der Waals surface area contributed by atoms with E-state index in [1.807, 2.05) is 31.2 Å². The third-order valence-corrected chi connectivity index (χ3v) is 5.29. The number of carbonyl (C=O) groups excluding carboxylic acids is 1.